The van der Waals surface area contributed by atoms with Gasteiger partial charge in [0.25, 0.3) is 5.91 Å². The summed E-state index contributed by atoms with van der Waals surface area (Å²) >= 11 is 0. The highest BCUT2D eigenvalue weighted by molar-refractivity contribution is 5.98. The molecule has 0 fully saturated rings. The number of carbonyl (C=O) groups is 3. The van der Waals surface area contributed by atoms with Crippen LogP contribution < -0.4 is 5.32 Å². The predicted molar refractivity (Wildman–Crippen MR) is 66.0 cm³/mol. The van der Waals surface area contributed by atoms with Crippen molar-refractivity contribution in [2.75, 3.05) is 7.11 Å². The number of carboxylic acids is 1. The number of methoxy groups -OCH3 is 1. The lowest BCUT2D eigenvalue weighted by atomic mass is 10.1. The molecular formula is C12H14N2O6. The van der Waals surface area contributed by atoms with E-state index in [2.05, 4.69) is 15.0 Å². The average molecular weight is 282 g/mol. The lowest BCUT2D eigenvalue weighted by Gasteiger charge is -2.14. The zero-order valence-electron chi connectivity index (χ0n) is 10.7. The van der Waals surface area contributed by atoms with E-state index in [9.17, 15) is 19.5 Å². The molecule has 0 saturated heterocycles. The Morgan fingerprint density at radius 1 is 1.45 bits per heavy atom. The summed E-state index contributed by atoms with van der Waals surface area (Å²) < 4.78 is 4.40. The summed E-state index contributed by atoms with van der Waals surface area (Å²) in [6, 6.07) is -0.00155. The topological polar surface area (TPSA) is 126 Å². The smallest absolute Gasteiger partial charge is 0.326 e. The van der Waals surface area contributed by atoms with Crippen LogP contribution in [0.2, 0.25) is 0 Å². The summed E-state index contributed by atoms with van der Waals surface area (Å²) in [6.07, 6.45) is 2.10. The maximum atomic E-state index is 11.8. The molecule has 1 atom stereocenters. The minimum Gasteiger partial charge on any atom is -0.505 e. The molecular weight excluding hydrogens is 268 g/mol. The van der Waals surface area contributed by atoms with Gasteiger partial charge < -0.3 is 20.3 Å². The van der Waals surface area contributed by atoms with E-state index in [1.807, 2.05) is 0 Å². The molecule has 8 heteroatoms. The fraction of sp³-hybridized carbons (Fsp3) is 0.333. The molecule has 1 aromatic heterocycles. The third-order valence-corrected chi connectivity index (χ3v) is 2.51. The Balaban J connectivity index is 2.71. The Hall–Kier alpha value is -2.64. The molecule has 1 amide bonds. The molecule has 0 aromatic carbocycles. The van der Waals surface area contributed by atoms with E-state index in [0.717, 1.165) is 6.20 Å². The zero-order valence-corrected chi connectivity index (χ0v) is 10.7. The Morgan fingerprint density at radius 3 is 2.70 bits per heavy atom. The van der Waals surface area contributed by atoms with Crippen LogP contribution in [0, 0.1) is 0 Å². The second-order valence-electron chi connectivity index (χ2n) is 3.87. The van der Waals surface area contributed by atoms with Gasteiger partial charge in [0, 0.05) is 12.6 Å². The molecule has 0 aliphatic rings. The number of nitrogens with zero attached hydrogens (tertiary/aromatic N) is 1. The molecule has 1 heterocycles. The molecule has 0 radical (unpaired) electrons. The van der Waals surface area contributed by atoms with Gasteiger partial charge in [0.15, 0.2) is 0 Å². The number of rotatable bonds is 6. The Bertz CT molecular complexity index is 516. The number of aromatic nitrogens is 1. The van der Waals surface area contributed by atoms with Gasteiger partial charge in [-0.25, -0.2) is 4.79 Å². The van der Waals surface area contributed by atoms with Crippen molar-refractivity contribution in [1.82, 2.24) is 10.3 Å². The molecule has 8 nitrogen and oxygen atoms in total. The summed E-state index contributed by atoms with van der Waals surface area (Å²) in [5.74, 6) is -2.97. The first kappa shape index (κ1) is 15.4. The SMILES string of the molecule is COC(=O)CC[C@H](NC(=O)c1ccncc1O)C(=O)O. The molecule has 0 spiro atoms. The highest BCUT2D eigenvalue weighted by Gasteiger charge is 2.23. The number of carbonyl (C=O) groups excluding carboxylic acids is 2. The standard InChI is InChI=1S/C12H14N2O6/c1-20-10(16)3-2-8(12(18)19)14-11(17)7-4-5-13-6-9(7)15/h4-6,8,15H,2-3H2,1H3,(H,14,17)(H,18,19)/t8-/m0/s1. The van der Waals surface area contributed by atoms with Crippen LogP contribution >= 0.6 is 0 Å². The highest BCUT2D eigenvalue weighted by atomic mass is 16.5. The number of carboxylic acid groups (broad SMARTS) is 1. The van der Waals surface area contributed by atoms with E-state index in [1.165, 1.54) is 19.4 Å². The van der Waals surface area contributed by atoms with Gasteiger partial charge in [0.1, 0.15) is 11.8 Å². The summed E-state index contributed by atoms with van der Waals surface area (Å²) in [6.45, 7) is 0. The minimum absolute atomic E-state index is 0.0932. The molecule has 108 valence electrons. The molecule has 3 N–H and O–H groups in total. The van der Waals surface area contributed by atoms with Gasteiger partial charge >= 0.3 is 11.9 Å². The van der Waals surface area contributed by atoms with E-state index in [1.54, 1.807) is 0 Å². The van der Waals surface area contributed by atoms with Crippen LogP contribution in [-0.4, -0.2) is 46.2 Å². The van der Waals surface area contributed by atoms with Crippen molar-refractivity contribution < 1.29 is 29.3 Å². The number of aliphatic carboxylic acids is 1. The van der Waals surface area contributed by atoms with E-state index in [-0.39, 0.29) is 24.2 Å². The van der Waals surface area contributed by atoms with Gasteiger partial charge in [-0.2, -0.15) is 0 Å². The molecule has 0 aliphatic carbocycles. The van der Waals surface area contributed by atoms with Crippen molar-refractivity contribution >= 4 is 17.8 Å². The summed E-state index contributed by atoms with van der Waals surface area (Å²) in [4.78, 5) is 37.4. The number of aromatic hydroxyl groups is 1. The molecule has 1 rings (SSSR count). The van der Waals surface area contributed by atoms with Crippen molar-refractivity contribution in [1.29, 1.82) is 0 Å². The first-order chi connectivity index (χ1) is 9.45. The second kappa shape index (κ2) is 7.07. The number of hydrogen-bond acceptors (Lipinski definition) is 6. The van der Waals surface area contributed by atoms with Crippen molar-refractivity contribution in [2.24, 2.45) is 0 Å². The molecule has 1 aromatic rings. The van der Waals surface area contributed by atoms with Crippen LogP contribution in [0.15, 0.2) is 18.5 Å². The molecule has 0 unspecified atom stereocenters. The van der Waals surface area contributed by atoms with E-state index >= 15 is 0 Å². The van der Waals surface area contributed by atoms with E-state index in [4.69, 9.17) is 5.11 Å². The molecule has 0 saturated carbocycles. The molecule has 20 heavy (non-hydrogen) atoms. The number of esters is 1. The van der Waals surface area contributed by atoms with Gasteiger partial charge in [0.2, 0.25) is 0 Å². The third-order valence-electron chi connectivity index (χ3n) is 2.51. The van der Waals surface area contributed by atoms with Crippen LogP contribution in [0.4, 0.5) is 0 Å². The highest BCUT2D eigenvalue weighted by Crippen LogP contribution is 2.14. The number of nitrogens with one attached hydrogen (secondary N) is 1. The van der Waals surface area contributed by atoms with Gasteiger partial charge in [-0.05, 0) is 12.5 Å². The Kier molecular flexibility index (Phi) is 5.45. The maximum Gasteiger partial charge on any atom is 0.326 e. The monoisotopic (exact) mass is 282 g/mol. The van der Waals surface area contributed by atoms with Gasteiger partial charge in [-0.3, -0.25) is 14.6 Å². The van der Waals surface area contributed by atoms with Crippen LogP contribution in [0.3, 0.4) is 0 Å². The predicted octanol–water partition coefficient (Wildman–Crippen LogP) is -0.0766. The summed E-state index contributed by atoms with van der Waals surface area (Å²) in [5, 5.41) is 20.6. The maximum absolute atomic E-state index is 11.8. The quantitative estimate of drug-likeness (QED) is 0.623. The first-order valence-electron chi connectivity index (χ1n) is 5.69. The number of amides is 1. The largest absolute Gasteiger partial charge is 0.505 e. The van der Waals surface area contributed by atoms with Gasteiger partial charge in [-0.1, -0.05) is 0 Å². The fourth-order valence-corrected chi connectivity index (χ4v) is 1.44. The zero-order chi connectivity index (χ0) is 15.1. The lowest BCUT2D eigenvalue weighted by Crippen LogP contribution is -2.41. The van der Waals surface area contributed by atoms with Crippen molar-refractivity contribution in [3.8, 4) is 5.75 Å². The molecule has 0 aliphatic heterocycles. The van der Waals surface area contributed by atoms with Crippen LogP contribution in [0.25, 0.3) is 0 Å². The summed E-state index contributed by atoms with van der Waals surface area (Å²) in [7, 11) is 1.19. The normalized spacial score (nSPS) is 11.4. The minimum atomic E-state index is -1.28. The second-order valence-corrected chi connectivity index (χ2v) is 3.87. The number of pyridine rings is 1. The summed E-state index contributed by atoms with van der Waals surface area (Å²) in [5.41, 5.74) is -0.0932. The Labute approximate surface area is 114 Å². The molecule has 0 bridgehead atoms. The fourth-order valence-electron chi connectivity index (χ4n) is 1.44. The number of hydrogen-bond donors (Lipinski definition) is 3. The van der Waals surface area contributed by atoms with Gasteiger partial charge in [-0.15, -0.1) is 0 Å². The lowest BCUT2D eigenvalue weighted by molar-refractivity contribution is -0.142. The van der Waals surface area contributed by atoms with Crippen LogP contribution in [-0.2, 0) is 14.3 Å². The van der Waals surface area contributed by atoms with Crippen molar-refractivity contribution in [3.63, 3.8) is 0 Å². The third kappa shape index (κ3) is 4.23. The van der Waals surface area contributed by atoms with Gasteiger partial charge in [0.05, 0.1) is 18.9 Å². The Morgan fingerprint density at radius 2 is 2.15 bits per heavy atom. The van der Waals surface area contributed by atoms with Crippen LogP contribution in [0.5, 0.6) is 5.75 Å². The first-order valence-corrected chi connectivity index (χ1v) is 5.69. The van der Waals surface area contributed by atoms with Crippen molar-refractivity contribution in [3.05, 3.63) is 24.0 Å². The van der Waals surface area contributed by atoms with Crippen molar-refractivity contribution in [2.45, 2.75) is 18.9 Å². The van der Waals surface area contributed by atoms with E-state index < -0.39 is 23.9 Å². The van der Waals surface area contributed by atoms with Crippen LogP contribution in [0.1, 0.15) is 23.2 Å². The van der Waals surface area contributed by atoms with E-state index in [0.29, 0.717) is 0 Å². The number of ether oxygens (including phenoxy) is 1. The average Bonchev–Trinajstić information content (AvgIpc) is 2.42.